The summed E-state index contributed by atoms with van der Waals surface area (Å²) in [6.07, 6.45) is -0.910. The Hall–Kier alpha value is -1.93. The zero-order chi connectivity index (χ0) is 15.6. The lowest BCUT2D eigenvalue weighted by Crippen LogP contribution is -2.04. The van der Waals surface area contributed by atoms with Crippen molar-refractivity contribution < 1.29 is 19.3 Å². The molecule has 8 heteroatoms. The number of aryl methyl sites for hydroxylation is 1. The van der Waals surface area contributed by atoms with Crippen molar-refractivity contribution in [2.24, 2.45) is 0 Å². The molecule has 0 aliphatic heterocycles. The Morgan fingerprint density at radius 1 is 1.52 bits per heavy atom. The Labute approximate surface area is 128 Å². The van der Waals surface area contributed by atoms with E-state index in [1.165, 1.54) is 13.0 Å². The highest BCUT2D eigenvalue weighted by atomic mass is 79.9. The van der Waals surface area contributed by atoms with Gasteiger partial charge in [-0.2, -0.15) is 0 Å². The summed E-state index contributed by atoms with van der Waals surface area (Å²) in [6.45, 7) is 3.26. The molecule has 0 spiro atoms. The summed E-state index contributed by atoms with van der Waals surface area (Å²) in [5.41, 5.74) is 0.790. The third-order valence-corrected chi connectivity index (χ3v) is 3.20. The van der Waals surface area contributed by atoms with Crippen LogP contribution in [0.3, 0.4) is 0 Å². The zero-order valence-corrected chi connectivity index (χ0v) is 13.0. The van der Waals surface area contributed by atoms with Gasteiger partial charge < -0.3 is 14.4 Å². The molecule has 7 nitrogen and oxygen atoms in total. The van der Waals surface area contributed by atoms with E-state index >= 15 is 0 Å². The highest BCUT2D eigenvalue weighted by Crippen LogP contribution is 2.38. The molecular weight excluding hydrogens is 344 g/mol. The molecule has 0 saturated carbocycles. The van der Waals surface area contributed by atoms with Gasteiger partial charge in [-0.3, -0.25) is 10.1 Å². The summed E-state index contributed by atoms with van der Waals surface area (Å²) in [5, 5.41) is 24.6. The average Bonchev–Trinajstić information content (AvgIpc) is 2.81. The molecule has 2 rings (SSSR count). The first kappa shape index (κ1) is 15.5. The molecular formula is C13H13BrN2O5. The Balaban J connectivity index is 2.37. The van der Waals surface area contributed by atoms with E-state index in [-0.39, 0.29) is 18.0 Å². The van der Waals surface area contributed by atoms with Gasteiger partial charge in [-0.05, 0) is 19.9 Å². The van der Waals surface area contributed by atoms with E-state index < -0.39 is 11.0 Å². The number of halogens is 1. The quantitative estimate of drug-likeness (QED) is 0.651. The number of benzene rings is 1. The fraction of sp³-hybridized carbons (Fsp3) is 0.308. The van der Waals surface area contributed by atoms with Crippen LogP contribution in [0.2, 0.25) is 0 Å². The predicted molar refractivity (Wildman–Crippen MR) is 77.0 cm³/mol. The lowest BCUT2D eigenvalue weighted by atomic mass is 10.1. The summed E-state index contributed by atoms with van der Waals surface area (Å²) in [7, 11) is 0. The molecule has 1 aromatic heterocycles. The first-order chi connectivity index (χ1) is 9.88. The van der Waals surface area contributed by atoms with Gasteiger partial charge in [0.25, 0.3) is 0 Å². The van der Waals surface area contributed by atoms with Crippen LogP contribution < -0.4 is 4.74 Å². The highest BCUT2D eigenvalue weighted by molar-refractivity contribution is 9.10. The van der Waals surface area contributed by atoms with Crippen molar-refractivity contribution in [3.63, 3.8) is 0 Å². The summed E-state index contributed by atoms with van der Waals surface area (Å²) in [4.78, 5) is 10.6. The number of ether oxygens (including phenoxy) is 1. The Morgan fingerprint density at radius 2 is 2.24 bits per heavy atom. The molecule has 1 N–H and O–H groups in total. The van der Waals surface area contributed by atoms with Gasteiger partial charge in [0.15, 0.2) is 5.76 Å². The number of aliphatic hydroxyl groups is 1. The van der Waals surface area contributed by atoms with E-state index in [4.69, 9.17) is 9.26 Å². The van der Waals surface area contributed by atoms with Crippen molar-refractivity contribution in [1.29, 1.82) is 0 Å². The van der Waals surface area contributed by atoms with Gasteiger partial charge in [0.2, 0.25) is 5.75 Å². The van der Waals surface area contributed by atoms with Crippen molar-refractivity contribution in [1.82, 2.24) is 5.16 Å². The zero-order valence-electron chi connectivity index (χ0n) is 11.4. The van der Waals surface area contributed by atoms with Gasteiger partial charge in [0, 0.05) is 22.2 Å². The summed E-state index contributed by atoms with van der Waals surface area (Å²) >= 11 is 3.18. The molecule has 21 heavy (non-hydrogen) atoms. The number of nitro groups is 1. The molecule has 1 atom stereocenters. The van der Waals surface area contributed by atoms with Gasteiger partial charge >= 0.3 is 5.69 Å². The minimum atomic E-state index is -0.910. The molecule has 0 bridgehead atoms. The van der Waals surface area contributed by atoms with Gasteiger partial charge in [0.05, 0.1) is 16.7 Å². The van der Waals surface area contributed by atoms with Crippen molar-refractivity contribution in [3.05, 3.63) is 49.8 Å². The highest BCUT2D eigenvalue weighted by Gasteiger charge is 2.23. The molecule has 1 heterocycles. The second kappa shape index (κ2) is 6.23. The summed E-state index contributed by atoms with van der Waals surface area (Å²) in [6, 6.07) is 4.58. The van der Waals surface area contributed by atoms with Crippen molar-refractivity contribution in [2.75, 3.05) is 0 Å². The van der Waals surface area contributed by atoms with Crippen LogP contribution in [0.15, 0.2) is 27.2 Å². The van der Waals surface area contributed by atoms with Gasteiger partial charge in [-0.15, -0.1) is 0 Å². The fourth-order valence-corrected chi connectivity index (χ4v) is 2.29. The van der Waals surface area contributed by atoms with E-state index in [1.54, 1.807) is 19.1 Å². The first-order valence-electron chi connectivity index (χ1n) is 6.09. The van der Waals surface area contributed by atoms with E-state index in [0.29, 0.717) is 21.5 Å². The molecule has 0 amide bonds. The molecule has 0 unspecified atom stereocenters. The van der Waals surface area contributed by atoms with Crippen LogP contribution in [0, 0.1) is 17.0 Å². The van der Waals surface area contributed by atoms with Crippen LogP contribution in [-0.4, -0.2) is 15.2 Å². The maximum Gasteiger partial charge on any atom is 0.312 e. The Kier molecular flexibility index (Phi) is 4.59. The maximum absolute atomic E-state index is 11.2. The number of rotatable bonds is 5. The normalized spacial score (nSPS) is 12.2. The van der Waals surface area contributed by atoms with E-state index in [9.17, 15) is 15.2 Å². The number of nitrogens with zero attached hydrogens (tertiary/aromatic N) is 2. The van der Waals surface area contributed by atoms with Crippen LogP contribution in [0.4, 0.5) is 5.69 Å². The van der Waals surface area contributed by atoms with Crippen LogP contribution in [-0.2, 0) is 6.61 Å². The molecule has 0 fully saturated rings. The smallest absolute Gasteiger partial charge is 0.312 e. The van der Waals surface area contributed by atoms with Crippen molar-refractivity contribution in [2.45, 2.75) is 26.6 Å². The van der Waals surface area contributed by atoms with Gasteiger partial charge in [-0.25, -0.2) is 0 Å². The number of nitro benzene ring substituents is 1. The number of hydrogen-bond donors (Lipinski definition) is 1. The van der Waals surface area contributed by atoms with E-state index in [1.807, 2.05) is 0 Å². The Bertz CT molecular complexity index is 669. The van der Waals surface area contributed by atoms with Crippen LogP contribution in [0.5, 0.6) is 5.75 Å². The molecule has 2 aromatic rings. The number of hydrogen-bond acceptors (Lipinski definition) is 6. The second-order valence-electron chi connectivity index (χ2n) is 4.50. The van der Waals surface area contributed by atoms with Crippen LogP contribution in [0.25, 0.3) is 0 Å². The molecule has 112 valence electrons. The minimum absolute atomic E-state index is 0.0109. The van der Waals surface area contributed by atoms with E-state index in [0.717, 1.165) is 0 Å². The minimum Gasteiger partial charge on any atom is -0.478 e. The summed E-state index contributed by atoms with van der Waals surface area (Å²) in [5.74, 6) is 0.466. The third-order valence-electron chi connectivity index (χ3n) is 2.75. The number of aliphatic hydroxyl groups excluding tert-OH is 1. The standard InChI is InChI=1S/C13H13BrN2O5/c1-7-3-10(21-15-7)6-20-13-11(8(2)17)4-9(14)5-12(13)16(18)19/h3-5,8,17H,6H2,1-2H3/t8-/m0/s1. The maximum atomic E-state index is 11.2. The first-order valence-corrected chi connectivity index (χ1v) is 6.88. The van der Waals surface area contributed by atoms with Crippen molar-refractivity contribution in [3.8, 4) is 5.75 Å². The largest absolute Gasteiger partial charge is 0.478 e. The molecule has 0 radical (unpaired) electrons. The second-order valence-corrected chi connectivity index (χ2v) is 5.42. The molecule has 0 aliphatic rings. The van der Waals surface area contributed by atoms with Crippen molar-refractivity contribution >= 4 is 21.6 Å². The molecule has 0 aliphatic carbocycles. The van der Waals surface area contributed by atoms with Crippen LogP contribution in [0.1, 0.15) is 30.0 Å². The van der Waals surface area contributed by atoms with Gasteiger partial charge in [0.1, 0.15) is 6.61 Å². The fourth-order valence-electron chi connectivity index (χ4n) is 1.83. The van der Waals surface area contributed by atoms with Crippen LogP contribution >= 0.6 is 15.9 Å². The predicted octanol–water partition coefficient (Wildman–Crippen LogP) is 3.29. The lowest BCUT2D eigenvalue weighted by molar-refractivity contribution is -0.386. The summed E-state index contributed by atoms with van der Waals surface area (Å²) < 4.78 is 11.0. The van der Waals surface area contributed by atoms with Gasteiger partial charge in [-0.1, -0.05) is 21.1 Å². The molecule has 1 aromatic carbocycles. The lowest BCUT2D eigenvalue weighted by Gasteiger charge is -2.13. The van der Waals surface area contributed by atoms with E-state index in [2.05, 4.69) is 21.1 Å². The SMILES string of the molecule is Cc1cc(COc2c([C@H](C)O)cc(Br)cc2[N+](=O)[O-])on1. The molecule has 0 saturated heterocycles. The number of aromatic nitrogens is 1. The monoisotopic (exact) mass is 356 g/mol. The topological polar surface area (TPSA) is 98.6 Å². The average molecular weight is 357 g/mol. The Morgan fingerprint density at radius 3 is 2.76 bits per heavy atom. The third kappa shape index (κ3) is 3.59.